The molecule has 0 radical (unpaired) electrons. The van der Waals surface area contributed by atoms with Crippen molar-refractivity contribution in [1.82, 2.24) is 0 Å². The van der Waals surface area contributed by atoms with Crippen molar-refractivity contribution in [1.29, 1.82) is 0 Å². The SMILES string of the molecule is C[S+](C)c1ccccc1OC(=O)O. The van der Waals surface area contributed by atoms with Crippen LogP contribution in [0.3, 0.4) is 0 Å². The summed E-state index contributed by atoms with van der Waals surface area (Å²) in [5.41, 5.74) is 0. The van der Waals surface area contributed by atoms with E-state index in [1.54, 1.807) is 12.1 Å². The third kappa shape index (κ3) is 2.66. The lowest BCUT2D eigenvalue weighted by Gasteiger charge is -2.03. The number of rotatable bonds is 2. The van der Waals surface area contributed by atoms with Gasteiger partial charge in [-0.2, -0.15) is 0 Å². The molecule has 0 aromatic heterocycles. The molecule has 1 rings (SSSR count). The van der Waals surface area contributed by atoms with E-state index in [1.807, 2.05) is 24.6 Å². The Kier molecular flexibility index (Phi) is 3.19. The predicted octanol–water partition coefficient (Wildman–Crippen LogP) is 1.98. The molecule has 13 heavy (non-hydrogen) atoms. The largest absolute Gasteiger partial charge is 0.511 e. The molecule has 0 atom stereocenters. The van der Waals surface area contributed by atoms with E-state index in [0.29, 0.717) is 5.75 Å². The molecule has 0 fully saturated rings. The number of ether oxygens (including phenoxy) is 1. The van der Waals surface area contributed by atoms with Crippen molar-refractivity contribution < 1.29 is 14.6 Å². The minimum absolute atomic E-state index is 0.00474. The van der Waals surface area contributed by atoms with Crippen molar-refractivity contribution >= 4 is 17.1 Å². The number of carbonyl (C=O) groups is 1. The molecule has 0 spiro atoms. The van der Waals surface area contributed by atoms with Gasteiger partial charge in [-0.05, 0) is 12.1 Å². The summed E-state index contributed by atoms with van der Waals surface area (Å²) in [6.07, 6.45) is 2.77. The summed E-state index contributed by atoms with van der Waals surface area (Å²) >= 11 is 0. The topological polar surface area (TPSA) is 46.5 Å². The van der Waals surface area contributed by atoms with E-state index < -0.39 is 6.16 Å². The van der Waals surface area contributed by atoms with Crippen LogP contribution in [-0.2, 0) is 10.9 Å². The molecule has 0 unspecified atom stereocenters. The van der Waals surface area contributed by atoms with Crippen LogP contribution >= 0.6 is 0 Å². The average Bonchev–Trinajstić information content (AvgIpc) is 2.03. The van der Waals surface area contributed by atoms with Gasteiger partial charge in [0, 0.05) is 10.9 Å². The Morgan fingerprint density at radius 2 is 2.00 bits per heavy atom. The number of para-hydroxylation sites is 1. The van der Waals surface area contributed by atoms with Gasteiger partial charge in [-0.15, -0.1) is 0 Å². The van der Waals surface area contributed by atoms with Gasteiger partial charge in [0.05, 0.1) is 0 Å². The number of benzene rings is 1. The maximum absolute atomic E-state index is 10.3. The van der Waals surface area contributed by atoms with Gasteiger partial charge in [-0.25, -0.2) is 4.79 Å². The summed E-state index contributed by atoms with van der Waals surface area (Å²) in [6.45, 7) is 0. The lowest BCUT2D eigenvalue weighted by molar-refractivity contribution is 0.143. The van der Waals surface area contributed by atoms with E-state index in [2.05, 4.69) is 4.74 Å². The van der Waals surface area contributed by atoms with Crippen LogP contribution < -0.4 is 4.74 Å². The summed E-state index contributed by atoms with van der Waals surface area (Å²) in [5, 5.41) is 8.45. The number of hydrogen-bond acceptors (Lipinski definition) is 2. The van der Waals surface area contributed by atoms with Gasteiger partial charge >= 0.3 is 6.16 Å². The van der Waals surface area contributed by atoms with E-state index in [4.69, 9.17) is 5.11 Å². The Morgan fingerprint density at radius 1 is 1.38 bits per heavy atom. The molecule has 0 amide bonds. The van der Waals surface area contributed by atoms with Crippen LogP contribution in [0.2, 0.25) is 0 Å². The van der Waals surface area contributed by atoms with Crippen molar-refractivity contribution in [3.63, 3.8) is 0 Å². The highest BCUT2D eigenvalue weighted by molar-refractivity contribution is 7.95. The Bertz CT molecular complexity index is 309. The fourth-order valence-corrected chi connectivity index (χ4v) is 1.83. The first-order valence-corrected chi connectivity index (χ1v) is 5.73. The molecule has 0 bridgehead atoms. The van der Waals surface area contributed by atoms with Gasteiger partial charge in [-0.1, -0.05) is 12.1 Å². The van der Waals surface area contributed by atoms with E-state index in [-0.39, 0.29) is 10.9 Å². The van der Waals surface area contributed by atoms with E-state index in [0.717, 1.165) is 4.90 Å². The Labute approximate surface area is 79.7 Å². The van der Waals surface area contributed by atoms with Crippen LogP contribution in [0.5, 0.6) is 5.75 Å². The van der Waals surface area contributed by atoms with Crippen molar-refractivity contribution in [2.75, 3.05) is 12.5 Å². The summed E-state index contributed by atoms with van der Waals surface area (Å²) in [5.74, 6) is 0.434. The van der Waals surface area contributed by atoms with Gasteiger partial charge in [-0.3, -0.25) is 0 Å². The first kappa shape index (κ1) is 9.92. The molecule has 1 aromatic carbocycles. The maximum atomic E-state index is 10.3. The monoisotopic (exact) mass is 199 g/mol. The molecule has 3 nitrogen and oxygen atoms in total. The average molecular weight is 199 g/mol. The summed E-state index contributed by atoms with van der Waals surface area (Å²) in [6, 6.07) is 7.17. The number of hydrogen-bond donors (Lipinski definition) is 1. The van der Waals surface area contributed by atoms with Crippen LogP contribution in [0.4, 0.5) is 4.79 Å². The minimum Gasteiger partial charge on any atom is -0.449 e. The van der Waals surface area contributed by atoms with Gasteiger partial charge in [0.1, 0.15) is 12.5 Å². The highest BCUT2D eigenvalue weighted by Gasteiger charge is 2.16. The summed E-state index contributed by atoms with van der Waals surface area (Å²) in [4.78, 5) is 11.3. The zero-order valence-electron chi connectivity index (χ0n) is 7.48. The van der Waals surface area contributed by atoms with Crippen molar-refractivity contribution in [3.8, 4) is 5.75 Å². The Balaban J connectivity index is 2.97. The highest BCUT2D eigenvalue weighted by atomic mass is 32.2. The molecule has 0 aliphatic rings. The summed E-state index contributed by atoms with van der Waals surface area (Å²) < 4.78 is 4.63. The van der Waals surface area contributed by atoms with Crippen LogP contribution in [0.1, 0.15) is 0 Å². The maximum Gasteiger partial charge on any atom is 0.511 e. The first-order chi connectivity index (χ1) is 6.11. The molecule has 1 N–H and O–H groups in total. The molecule has 0 aliphatic heterocycles. The van der Waals surface area contributed by atoms with Crippen molar-refractivity contribution in [2.45, 2.75) is 4.90 Å². The minimum atomic E-state index is -1.27. The smallest absolute Gasteiger partial charge is 0.449 e. The molecule has 0 aliphatic carbocycles. The second kappa shape index (κ2) is 4.18. The zero-order chi connectivity index (χ0) is 9.84. The van der Waals surface area contributed by atoms with Crippen LogP contribution in [-0.4, -0.2) is 23.8 Å². The highest BCUT2D eigenvalue weighted by Crippen LogP contribution is 2.23. The number of carboxylic acid groups (broad SMARTS) is 1. The molecule has 70 valence electrons. The molecule has 0 heterocycles. The van der Waals surface area contributed by atoms with Crippen LogP contribution in [0.15, 0.2) is 29.2 Å². The zero-order valence-corrected chi connectivity index (χ0v) is 8.30. The van der Waals surface area contributed by atoms with Gasteiger partial charge in [0.25, 0.3) is 0 Å². The quantitative estimate of drug-likeness (QED) is 0.450. The Hall–Kier alpha value is -1.16. The van der Waals surface area contributed by atoms with Gasteiger partial charge in [0.2, 0.25) is 0 Å². The molecule has 0 saturated heterocycles. The van der Waals surface area contributed by atoms with Crippen LogP contribution in [0, 0.1) is 0 Å². The predicted molar refractivity (Wildman–Crippen MR) is 52.6 cm³/mol. The molecule has 0 saturated carbocycles. The third-order valence-electron chi connectivity index (χ3n) is 1.49. The lowest BCUT2D eigenvalue weighted by Crippen LogP contribution is -2.07. The standard InChI is InChI=1S/C9H10O3S/c1-13(2)8-6-4-3-5-7(8)12-9(10)11/h3-6H,1-2H3/p+1. The lowest BCUT2D eigenvalue weighted by atomic mass is 10.3. The normalized spacial score (nSPS) is 10.1. The van der Waals surface area contributed by atoms with E-state index in [1.165, 1.54) is 0 Å². The third-order valence-corrected chi connectivity index (χ3v) is 2.70. The van der Waals surface area contributed by atoms with E-state index in [9.17, 15) is 4.79 Å². The van der Waals surface area contributed by atoms with E-state index >= 15 is 0 Å². The second-order valence-electron chi connectivity index (χ2n) is 2.63. The van der Waals surface area contributed by atoms with Gasteiger partial charge < -0.3 is 9.84 Å². The molecule has 1 aromatic rings. The fraction of sp³-hybridized carbons (Fsp3) is 0.222. The second-order valence-corrected chi connectivity index (χ2v) is 4.70. The first-order valence-electron chi connectivity index (χ1n) is 3.68. The van der Waals surface area contributed by atoms with Crippen molar-refractivity contribution in [2.24, 2.45) is 0 Å². The van der Waals surface area contributed by atoms with Crippen LogP contribution in [0.25, 0.3) is 0 Å². The Morgan fingerprint density at radius 3 is 2.54 bits per heavy atom. The molecular formula is C9H11O3S+. The van der Waals surface area contributed by atoms with Gasteiger partial charge in [0.15, 0.2) is 10.6 Å². The molecular weight excluding hydrogens is 188 g/mol. The van der Waals surface area contributed by atoms with Crippen molar-refractivity contribution in [3.05, 3.63) is 24.3 Å². The fourth-order valence-electron chi connectivity index (χ4n) is 0.966. The summed E-state index contributed by atoms with van der Waals surface area (Å²) in [7, 11) is 0.00474. The molecule has 4 heteroatoms.